The van der Waals surface area contributed by atoms with E-state index in [1.807, 2.05) is 6.20 Å². The molecular formula is C18H31N5S. The van der Waals surface area contributed by atoms with Crippen molar-refractivity contribution in [2.24, 2.45) is 0 Å². The van der Waals surface area contributed by atoms with E-state index in [0.29, 0.717) is 6.04 Å². The lowest BCUT2D eigenvalue weighted by atomic mass is 9.96. The third-order valence-electron chi connectivity index (χ3n) is 5.49. The predicted octanol–water partition coefficient (Wildman–Crippen LogP) is 2.54. The molecule has 1 aromatic rings. The van der Waals surface area contributed by atoms with Gasteiger partial charge in [0.25, 0.3) is 0 Å². The van der Waals surface area contributed by atoms with Gasteiger partial charge in [-0.1, -0.05) is 19.3 Å². The van der Waals surface area contributed by atoms with Crippen molar-refractivity contribution in [3.63, 3.8) is 0 Å². The average molecular weight is 350 g/mol. The smallest absolute Gasteiger partial charge is 0.169 e. The third-order valence-corrected chi connectivity index (χ3v) is 5.87. The molecule has 1 aliphatic carbocycles. The maximum absolute atomic E-state index is 5.65. The number of thiocarbonyl (C=S) groups is 1. The SMILES string of the molecule is CCn1ncc(CN2CCN(C(=S)NC3CCCCC3)CC2)c1C. The van der Waals surface area contributed by atoms with Crippen LogP contribution in [0.25, 0.3) is 0 Å². The summed E-state index contributed by atoms with van der Waals surface area (Å²) < 4.78 is 2.08. The molecule has 1 N–H and O–H groups in total. The monoisotopic (exact) mass is 349 g/mol. The van der Waals surface area contributed by atoms with E-state index in [1.165, 1.54) is 43.4 Å². The van der Waals surface area contributed by atoms with Crippen LogP contribution in [0, 0.1) is 6.92 Å². The fourth-order valence-corrected chi connectivity index (χ4v) is 4.17. The third kappa shape index (κ3) is 4.28. The number of rotatable bonds is 4. The Bertz CT molecular complexity index is 542. The van der Waals surface area contributed by atoms with Gasteiger partial charge in [0.05, 0.1) is 6.20 Å². The van der Waals surface area contributed by atoms with Crippen LogP contribution in [0.5, 0.6) is 0 Å². The molecule has 6 heteroatoms. The summed E-state index contributed by atoms with van der Waals surface area (Å²) in [5.74, 6) is 0. The van der Waals surface area contributed by atoms with Crippen molar-refractivity contribution < 1.29 is 0 Å². The molecule has 1 aliphatic heterocycles. The van der Waals surface area contributed by atoms with E-state index in [1.54, 1.807) is 0 Å². The summed E-state index contributed by atoms with van der Waals surface area (Å²) >= 11 is 5.65. The second kappa shape index (κ2) is 8.30. The summed E-state index contributed by atoms with van der Waals surface area (Å²) in [6, 6.07) is 0.604. The standard InChI is InChI=1S/C18H31N5S/c1-3-23-15(2)16(13-19-23)14-21-9-11-22(12-10-21)18(24)20-17-7-5-4-6-8-17/h13,17H,3-12,14H2,1-2H3,(H,20,24). The molecule has 0 amide bonds. The first-order valence-electron chi connectivity index (χ1n) is 9.46. The summed E-state index contributed by atoms with van der Waals surface area (Å²) in [6.45, 7) is 10.5. The van der Waals surface area contributed by atoms with Crippen molar-refractivity contribution in [3.05, 3.63) is 17.5 Å². The van der Waals surface area contributed by atoms with E-state index >= 15 is 0 Å². The Hall–Kier alpha value is -1.14. The second-order valence-corrected chi connectivity index (χ2v) is 7.51. The highest BCUT2D eigenvalue weighted by Crippen LogP contribution is 2.18. The topological polar surface area (TPSA) is 36.3 Å². The molecule has 134 valence electrons. The zero-order valence-electron chi connectivity index (χ0n) is 15.1. The zero-order chi connectivity index (χ0) is 16.9. The number of nitrogens with one attached hydrogen (secondary N) is 1. The lowest BCUT2D eigenvalue weighted by Crippen LogP contribution is -2.53. The molecule has 3 rings (SSSR count). The van der Waals surface area contributed by atoms with Gasteiger partial charge in [-0.05, 0) is 38.9 Å². The minimum atomic E-state index is 0.604. The van der Waals surface area contributed by atoms with E-state index in [0.717, 1.165) is 44.4 Å². The van der Waals surface area contributed by atoms with Gasteiger partial charge in [-0.25, -0.2) is 0 Å². The lowest BCUT2D eigenvalue weighted by molar-refractivity contribution is 0.173. The lowest BCUT2D eigenvalue weighted by Gasteiger charge is -2.37. The first-order chi connectivity index (χ1) is 11.7. The molecule has 0 aromatic carbocycles. The predicted molar refractivity (Wildman–Crippen MR) is 102 cm³/mol. The highest BCUT2D eigenvalue weighted by atomic mass is 32.1. The maximum Gasteiger partial charge on any atom is 0.169 e. The van der Waals surface area contributed by atoms with Crippen LogP contribution in [0.1, 0.15) is 50.3 Å². The Kier molecular flexibility index (Phi) is 6.11. The zero-order valence-corrected chi connectivity index (χ0v) is 15.9. The second-order valence-electron chi connectivity index (χ2n) is 7.12. The van der Waals surface area contributed by atoms with Crippen LogP contribution in [0.15, 0.2) is 6.20 Å². The number of piperazine rings is 1. The summed E-state index contributed by atoms with van der Waals surface area (Å²) in [5.41, 5.74) is 2.66. The van der Waals surface area contributed by atoms with E-state index in [4.69, 9.17) is 12.2 Å². The van der Waals surface area contributed by atoms with Crippen molar-refractivity contribution >= 4 is 17.3 Å². The maximum atomic E-state index is 5.65. The van der Waals surface area contributed by atoms with Gasteiger partial charge in [0, 0.05) is 56.6 Å². The molecule has 0 radical (unpaired) electrons. The highest BCUT2D eigenvalue weighted by molar-refractivity contribution is 7.80. The minimum absolute atomic E-state index is 0.604. The highest BCUT2D eigenvalue weighted by Gasteiger charge is 2.22. The first kappa shape index (κ1) is 17.7. The molecule has 2 fully saturated rings. The number of nitrogens with zero attached hydrogens (tertiary/aromatic N) is 4. The van der Waals surface area contributed by atoms with Gasteiger partial charge < -0.3 is 10.2 Å². The quantitative estimate of drug-likeness (QED) is 0.846. The Balaban J connectivity index is 1.44. The molecule has 5 nitrogen and oxygen atoms in total. The molecule has 2 aliphatic rings. The molecule has 24 heavy (non-hydrogen) atoms. The van der Waals surface area contributed by atoms with E-state index < -0.39 is 0 Å². The summed E-state index contributed by atoms with van der Waals surface area (Å²) in [7, 11) is 0. The van der Waals surface area contributed by atoms with Crippen molar-refractivity contribution in [2.45, 2.75) is 65.1 Å². The van der Waals surface area contributed by atoms with Gasteiger partial charge in [0.1, 0.15) is 0 Å². The van der Waals surface area contributed by atoms with Crippen LogP contribution >= 0.6 is 12.2 Å². The van der Waals surface area contributed by atoms with Crippen LogP contribution in [0.4, 0.5) is 0 Å². The fourth-order valence-electron chi connectivity index (χ4n) is 3.82. The van der Waals surface area contributed by atoms with Gasteiger partial charge in [-0.15, -0.1) is 0 Å². The van der Waals surface area contributed by atoms with E-state index in [9.17, 15) is 0 Å². The number of hydrogen-bond donors (Lipinski definition) is 1. The molecule has 0 bridgehead atoms. The molecule has 1 saturated carbocycles. The summed E-state index contributed by atoms with van der Waals surface area (Å²) in [4.78, 5) is 4.87. The Labute approximate surface area is 151 Å². The van der Waals surface area contributed by atoms with Crippen LogP contribution in [0.2, 0.25) is 0 Å². The Morgan fingerprint density at radius 2 is 1.92 bits per heavy atom. The van der Waals surface area contributed by atoms with Crippen molar-refractivity contribution in [3.8, 4) is 0 Å². The number of aryl methyl sites for hydroxylation is 1. The fraction of sp³-hybridized carbons (Fsp3) is 0.778. The molecule has 1 aromatic heterocycles. The van der Waals surface area contributed by atoms with Crippen LogP contribution in [-0.2, 0) is 13.1 Å². The van der Waals surface area contributed by atoms with Crippen LogP contribution in [-0.4, -0.2) is 56.9 Å². The van der Waals surface area contributed by atoms with Gasteiger partial charge in [0.15, 0.2) is 5.11 Å². The molecule has 0 atom stereocenters. The average Bonchev–Trinajstić information content (AvgIpc) is 2.96. The number of hydrogen-bond acceptors (Lipinski definition) is 3. The number of aromatic nitrogens is 2. The normalized spacial score (nSPS) is 20.3. The van der Waals surface area contributed by atoms with E-state index in [-0.39, 0.29) is 0 Å². The van der Waals surface area contributed by atoms with Gasteiger partial charge in [0.2, 0.25) is 0 Å². The molecule has 2 heterocycles. The van der Waals surface area contributed by atoms with Crippen molar-refractivity contribution in [1.82, 2.24) is 24.9 Å². The van der Waals surface area contributed by atoms with E-state index in [2.05, 4.69) is 38.7 Å². The van der Waals surface area contributed by atoms with Crippen LogP contribution in [0.3, 0.4) is 0 Å². The largest absolute Gasteiger partial charge is 0.360 e. The molecule has 1 saturated heterocycles. The first-order valence-corrected chi connectivity index (χ1v) is 9.87. The Morgan fingerprint density at radius 3 is 2.54 bits per heavy atom. The van der Waals surface area contributed by atoms with Gasteiger partial charge in [-0.2, -0.15) is 5.10 Å². The molecule has 0 unspecified atom stereocenters. The minimum Gasteiger partial charge on any atom is -0.360 e. The summed E-state index contributed by atoms with van der Waals surface area (Å²) in [6.07, 6.45) is 8.66. The van der Waals surface area contributed by atoms with Crippen molar-refractivity contribution in [2.75, 3.05) is 26.2 Å². The van der Waals surface area contributed by atoms with Crippen LogP contribution < -0.4 is 5.32 Å². The summed E-state index contributed by atoms with van der Waals surface area (Å²) in [5, 5.41) is 9.02. The molecule has 0 spiro atoms. The molecular weight excluding hydrogens is 318 g/mol. The van der Waals surface area contributed by atoms with Crippen molar-refractivity contribution in [1.29, 1.82) is 0 Å². The Morgan fingerprint density at radius 1 is 1.21 bits per heavy atom. The van der Waals surface area contributed by atoms with Gasteiger partial charge >= 0.3 is 0 Å². The van der Waals surface area contributed by atoms with Gasteiger partial charge in [-0.3, -0.25) is 9.58 Å².